The van der Waals surface area contributed by atoms with Gasteiger partial charge in [0, 0.05) is 6.92 Å². The van der Waals surface area contributed by atoms with Gasteiger partial charge in [0.1, 0.15) is 0 Å². The monoisotopic (exact) mass is 207 g/mol. The zero-order valence-corrected chi connectivity index (χ0v) is 7.58. The molecule has 3 nitrogen and oxygen atoms in total. The third kappa shape index (κ3) is 17.8. The summed E-state index contributed by atoms with van der Waals surface area (Å²) in [5, 5.41) is 11.6. The van der Waals surface area contributed by atoms with E-state index in [0.29, 0.717) is 0 Å². The van der Waals surface area contributed by atoms with Crippen LogP contribution >= 0.6 is 0 Å². The standard InChI is InChI=1S/C5H10N.C2H4O2.Cu/c1-2-4-6-5-3-1;1-2(3)4;/h1-5H2;1H3,(H,3,4);/q-1;;+1. The van der Waals surface area contributed by atoms with Gasteiger partial charge < -0.3 is 10.4 Å². The van der Waals surface area contributed by atoms with Crippen molar-refractivity contribution in [2.24, 2.45) is 0 Å². The van der Waals surface area contributed by atoms with Crippen molar-refractivity contribution >= 4 is 5.97 Å². The van der Waals surface area contributed by atoms with Gasteiger partial charge in [-0.2, -0.15) is 0 Å². The number of piperidine rings is 1. The third-order valence-electron chi connectivity index (χ3n) is 1.13. The molecule has 1 N–H and O–H groups in total. The van der Waals surface area contributed by atoms with Gasteiger partial charge in [-0.3, -0.25) is 4.79 Å². The Hall–Kier alpha value is -0.0505. The Kier molecular flexibility index (Phi) is 12.2. The first-order valence-corrected chi connectivity index (χ1v) is 3.56. The fourth-order valence-electron chi connectivity index (χ4n) is 0.736. The summed E-state index contributed by atoms with van der Waals surface area (Å²) in [6.07, 6.45) is 4.07. The summed E-state index contributed by atoms with van der Waals surface area (Å²) >= 11 is 0. The van der Waals surface area contributed by atoms with Gasteiger partial charge in [0.25, 0.3) is 5.97 Å². The molecule has 1 fully saturated rings. The molecule has 1 aliphatic heterocycles. The van der Waals surface area contributed by atoms with E-state index in [-0.39, 0.29) is 17.1 Å². The van der Waals surface area contributed by atoms with E-state index in [1.165, 1.54) is 19.3 Å². The Morgan fingerprint density at radius 2 is 1.64 bits per heavy atom. The van der Waals surface area contributed by atoms with Gasteiger partial charge >= 0.3 is 17.1 Å². The Balaban J connectivity index is 0. The normalized spacial score (nSPS) is 15.4. The molecule has 0 unspecified atom stereocenters. The zero-order chi connectivity index (χ0) is 7.82. The number of aliphatic carboxylic acids is 1. The van der Waals surface area contributed by atoms with Crippen LogP contribution in [0.2, 0.25) is 0 Å². The third-order valence-corrected chi connectivity index (χ3v) is 1.13. The summed E-state index contributed by atoms with van der Waals surface area (Å²) in [7, 11) is 0. The predicted molar refractivity (Wildman–Crippen MR) is 40.3 cm³/mol. The fourth-order valence-corrected chi connectivity index (χ4v) is 0.736. The van der Waals surface area contributed by atoms with Crippen molar-refractivity contribution in [3.05, 3.63) is 5.32 Å². The van der Waals surface area contributed by atoms with Crippen LogP contribution in [-0.4, -0.2) is 24.2 Å². The average molecular weight is 208 g/mol. The molecule has 0 spiro atoms. The Labute approximate surface area is 78.0 Å². The molecule has 70 valence electrons. The number of carboxylic acid groups (broad SMARTS) is 1. The van der Waals surface area contributed by atoms with Crippen LogP contribution < -0.4 is 0 Å². The smallest absolute Gasteiger partial charge is 0.662 e. The molecule has 1 rings (SSSR count). The molecular formula is C7H14CuNO2. The van der Waals surface area contributed by atoms with E-state index < -0.39 is 5.97 Å². The molecule has 0 saturated carbocycles. The minimum Gasteiger partial charge on any atom is -0.662 e. The van der Waals surface area contributed by atoms with Gasteiger partial charge in [-0.1, -0.05) is 19.3 Å². The van der Waals surface area contributed by atoms with Crippen LogP contribution in [0, 0.1) is 0 Å². The first kappa shape index (κ1) is 13.5. The molecule has 1 saturated heterocycles. The largest absolute Gasteiger partial charge is 1.00 e. The topological polar surface area (TPSA) is 51.4 Å². The van der Waals surface area contributed by atoms with Crippen molar-refractivity contribution in [1.82, 2.24) is 0 Å². The van der Waals surface area contributed by atoms with Gasteiger partial charge in [0.05, 0.1) is 0 Å². The number of carbonyl (C=O) groups is 1. The molecule has 0 aromatic carbocycles. The zero-order valence-electron chi connectivity index (χ0n) is 6.64. The van der Waals surface area contributed by atoms with Crippen molar-refractivity contribution in [2.75, 3.05) is 13.1 Å². The van der Waals surface area contributed by atoms with Crippen molar-refractivity contribution in [3.63, 3.8) is 0 Å². The summed E-state index contributed by atoms with van der Waals surface area (Å²) < 4.78 is 0. The summed E-state index contributed by atoms with van der Waals surface area (Å²) in [5.74, 6) is -0.833. The molecule has 1 aliphatic rings. The summed E-state index contributed by atoms with van der Waals surface area (Å²) in [6.45, 7) is 3.33. The van der Waals surface area contributed by atoms with Crippen molar-refractivity contribution in [1.29, 1.82) is 0 Å². The SMILES string of the molecule is C1CC[N-]CC1.CC(=O)O.[Cu+]. The van der Waals surface area contributed by atoms with Crippen LogP contribution in [0.25, 0.3) is 5.32 Å². The minimum atomic E-state index is -0.833. The number of hydrogen-bond donors (Lipinski definition) is 1. The second-order valence-corrected chi connectivity index (χ2v) is 2.25. The molecule has 0 radical (unpaired) electrons. The van der Waals surface area contributed by atoms with Crippen LogP contribution in [0.3, 0.4) is 0 Å². The van der Waals surface area contributed by atoms with Crippen LogP contribution in [0.5, 0.6) is 0 Å². The second-order valence-electron chi connectivity index (χ2n) is 2.25. The van der Waals surface area contributed by atoms with Crippen LogP contribution in [0.15, 0.2) is 0 Å². The Bertz CT molecular complexity index is 78.9. The van der Waals surface area contributed by atoms with Crippen molar-refractivity contribution < 1.29 is 27.0 Å². The maximum absolute atomic E-state index is 9.00. The molecule has 0 atom stereocenters. The summed E-state index contributed by atoms with van der Waals surface area (Å²) in [5.41, 5.74) is 0. The van der Waals surface area contributed by atoms with Crippen LogP contribution in [0.4, 0.5) is 0 Å². The molecule has 1 heterocycles. The van der Waals surface area contributed by atoms with Gasteiger partial charge in [0.2, 0.25) is 0 Å². The molecule has 0 bridgehead atoms. The number of carboxylic acids is 1. The molecule has 0 aromatic heterocycles. The Morgan fingerprint density at radius 3 is 1.73 bits per heavy atom. The molecule has 0 aliphatic carbocycles. The summed E-state index contributed by atoms with van der Waals surface area (Å²) in [4.78, 5) is 9.00. The van der Waals surface area contributed by atoms with E-state index >= 15 is 0 Å². The van der Waals surface area contributed by atoms with E-state index in [0.717, 1.165) is 20.0 Å². The first-order chi connectivity index (χ1) is 4.73. The van der Waals surface area contributed by atoms with Gasteiger partial charge in [-0.05, 0) is 0 Å². The van der Waals surface area contributed by atoms with Gasteiger partial charge in [-0.25, -0.2) is 0 Å². The van der Waals surface area contributed by atoms with Crippen LogP contribution in [-0.2, 0) is 21.9 Å². The molecular weight excluding hydrogens is 194 g/mol. The predicted octanol–water partition coefficient (Wildman–Crippen LogP) is 1.63. The number of nitrogens with zero attached hydrogens (tertiary/aromatic N) is 1. The van der Waals surface area contributed by atoms with E-state index in [2.05, 4.69) is 5.32 Å². The first-order valence-electron chi connectivity index (χ1n) is 3.56. The fraction of sp³-hybridized carbons (Fsp3) is 0.857. The van der Waals surface area contributed by atoms with Crippen molar-refractivity contribution in [2.45, 2.75) is 26.2 Å². The van der Waals surface area contributed by atoms with E-state index in [1.54, 1.807) is 0 Å². The second kappa shape index (κ2) is 9.95. The molecule has 4 heteroatoms. The van der Waals surface area contributed by atoms with E-state index in [9.17, 15) is 0 Å². The minimum absolute atomic E-state index is 0. The van der Waals surface area contributed by atoms with Crippen LogP contribution in [0.1, 0.15) is 26.2 Å². The number of hydrogen-bond acceptors (Lipinski definition) is 1. The van der Waals surface area contributed by atoms with Crippen molar-refractivity contribution in [3.8, 4) is 0 Å². The summed E-state index contributed by atoms with van der Waals surface area (Å²) in [6, 6.07) is 0. The van der Waals surface area contributed by atoms with Gasteiger partial charge in [0.15, 0.2) is 0 Å². The van der Waals surface area contributed by atoms with Gasteiger partial charge in [-0.15, -0.1) is 13.1 Å². The average Bonchev–Trinajstić information content (AvgIpc) is 1.90. The Morgan fingerprint density at radius 1 is 1.27 bits per heavy atom. The number of rotatable bonds is 0. The molecule has 0 aromatic rings. The quantitative estimate of drug-likeness (QED) is 0.614. The maximum atomic E-state index is 9.00. The molecule has 0 amide bonds. The maximum Gasteiger partial charge on any atom is 1.00 e. The van der Waals surface area contributed by atoms with E-state index in [4.69, 9.17) is 9.90 Å². The van der Waals surface area contributed by atoms with E-state index in [1.807, 2.05) is 0 Å². The molecule has 11 heavy (non-hydrogen) atoms.